The quantitative estimate of drug-likeness (QED) is 0.862. The largest absolute Gasteiger partial charge is 0.377 e. The van der Waals surface area contributed by atoms with Gasteiger partial charge in [0.1, 0.15) is 0 Å². The summed E-state index contributed by atoms with van der Waals surface area (Å²) < 4.78 is 11.1. The van der Waals surface area contributed by atoms with E-state index in [4.69, 9.17) is 9.26 Å². The molecule has 6 heteroatoms. The minimum Gasteiger partial charge on any atom is -0.377 e. The third-order valence-electron chi connectivity index (χ3n) is 4.93. The van der Waals surface area contributed by atoms with E-state index in [2.05, 4.69) is 10.1 Å². The third-order valence-corrected chi connectivity index (χ3v) is 4.93. The van der Waals surface area contributed by atoms with Gasteiger partial charge in [0.25, 0.3) is 11.6 Å². The zero-order valence-corrected chi connectivity index (χ0v) is 14.2. The lowest BCUT2D eigenvalue weighted by Gasteiger charge is -2.32. The van der Waals surface area contributed by atoms with Crippen molar-refractivity contribution in [3.63, 3.8) is 0 Å². The Kier molecular flexibility index (Phi) is 4.00. The van der Waals surface area contributed by atoms with Crippen molar-refractivity contribution in [3.8, 4) is 0 Å². The average Bonchev–Trinajstić information content (AvgIpc) is 3.38. The lowest BCUT2D eigenvalue weighted by atomic mass is 10.0. The summed E-state index contributed by atoms with van der Waals surface area (Å²) in [6, 6.07) is 1.96. The number of amides is 1. The molecule has 0 aromatic carbocycles. The molecule has 0 N–H and O–H groups in total. The molecule has 0 bridgehead atoms. The first-order valence-corrected chi connectivity index (χ1v) is 8.85. The summed E-state index contributed by atoms with van der Waals surface area (Å²) in [4.78, 5) is 19.7. The fraction of sp³-hybridized carbons (Fsp3) is 0.611. The van der Waals surface area contributed by atoms with Crippen LogP contribution >= 0.6 is 0 Å². The number of hydrogen-bond donors (Lipinski definition) is 0. The van der Waals surface area contributed by atoms with Crippen LogP contribution in [0.2, 0.25) is 0 Å². The van der Waals surface area contributed by atoms with E-state index >= 15 is 0 Å². The van der Waals surface area contributed by atoms with E-state index in [0.29, 0.717) is 30.3 Å². The minimum atomic E-state index is 0.0417. The van der Waals surface area contributed by atoms with Gasteiger partial charge < -0.3 is 14.2 Å². The number of hydrogen-bond acceptors (Lipinski definition) is 5. The highest BCUT2D eigenvalue weighted by Crippen LogP contribution is 2.40. The summed E-state index contributed by atoms with van der Waals surface area (Å²) in [5, 5.41) is 4.77. The van der Waals surface area contributed by atoms with E-state index in [9.17, 15) is 4.79 Å². The highest BCUT2D eigenvalue weighted by atomic mass is 16.5. The Morgan fingerprint density at radius 1 is 1.42 bits per heavy atom. The first-order chi connectivity index (χ1) is 11.7. The molecule has 1 atom stereocenters. The SMILES string of the molecule is CCOC1CCCN(C(=O)c2cc(C3CC3)nc3onc(C)c23)C1. The van der Waals surface area contributed by atoms with Gasteiger partial charge in [-0.1, -0.05) is 5.16 Å². The Labute approximate surface area is 141 Å². The Morgan fingerprint density at radius 2 is 2.25 bits per heavy atom. The van der Waals surface area contributed by atoms with Gasteiger partial charge in [0.05, 0.1) is 22.7 Å². The number of rotatable bonds is 4. The first-order valence-electron chi connectivity index (χ1n) is 8.85. The molecular weight excluding hydrogens is 306 g/mol. The van der Waals surface area contributed by atoms with Crippen molar-refractivity contribution in [1.29, 1.82) is 0 Å². The molecule has 4 rings (SSSR count). The van der Waals surface area contributed by atoms with Crippen molar-refractivity contribution in [2.75, 3.05) is 19.7 Å². The van der Waals surface area contributed by atoms with Crippen molar-refractivity contribution in [3.05, 3.63) is 23.0 Å². The number of aryl methyl sites for hydroxylation is 1. The fourth-order valence-corrected chi connectivity index (χ4v) is 3.54. The van der Waals surface area contributed by atoms with Gasteiger partial charge in [-0.15, -0.1) is 0 Å². The van der Waals surface area contributed by atoms with E-state index in [0.717, 1.165) is 49.0 Å². The molecule has 1 saturated carbocycles. The smallest absolute Gasteiger partial charge is 0.259 e. The van der Waals surface area contributed by atoms with Gasteiger partial charge in [-0.2, -0.15) is 0 Å². The van der Waals surface area contributed by atoms with E-state index in [1.807, 2.05) is 24.8 Å². The second-order valence-electron chi connectivity index (χ2n) is 6.79. The Balaban J connectivity index is 1.69. The molecule has 24 heavy (non-hydrogen) atoms. The van der Waals surface area contributed by atoms with Crippen LogP contribution in [0.25, 0.3) is 11.1 Å². The lowest BCUT2D eigenvalue weighted by molar-refractivity contribution is 0.00731. The van der Waals surface area contributed by atoms with Gasteiger partial charge in [-0.3, -0.25) is 4.79 Å². The molecule has 2 aliphatic rings. The third kappa shape index (κ3) is 2.79. The number of pyridine rings is 1. The van der Waals surface area contributed by atoms with Gasteiger partial charge in [0.2, 0.25) is 0 Å². The Bertz CT molecular complexity index is 764. The normalized spacial score (nSPS) is 21.4. The van der Waals surface area contributed by atoms with Crippen LogP contribution in [0.5, 0.6) is 0 Å². The van der Waals surface area contributed by atoms with Crippen molar-refractivity contribution >= 4 is 17.0 Å². The maximum Gasteiger partial charge on any atom is 0.259 e. The minimum absolute atomic E-state index is 0.0417. The zero-order valence-electron chi connectivity index (χ0n) is 14.2. The highest BCUT2D eigenvalue weighted by Gasteiger charge is 2.31. The molecule has 2 aromatic rings. The average molecular weight is 329 g/mol. The Morgan fingerprint density at radius 3 is 3.00 bits per heavy atom. The Hall–Kier alpha value is -1.95. The van der Waals surface area contributed by atoms with Crippen molar-refractivity contribution in [2.24, 2.45) is 0 Å². The summed E-state index contributed by atoms with van der Waals surface area (Å²) in [5.74, 6) is 0.504. The molecule has 1 amide bonds. The summed E-state index contributed by atoms with van der Waals surface area (Å²) in [7, 11) is 0. The molecule has 2 aromatic heterocycles. The van der Waals surface area contributed by atoms with E-state index < -0.39 is 0 Å². The van der Waals surface area contributed by atoms with Gasteiger partial charge >= 0.3 is 0 Å². The van der Waals surface area contributed by atoms with E-state index in [1.54, 1.807) is 0 Å². The maximum absolute atomic E-state index is 13.2. The molecule has 6 nitrogen and oxygen atoms in total. The van der Waals surface area contributed by atoms with Crippen LogP contribution in [0.1, 0.15) is 60.3 Å². The number of aromatic nitrogens is 2. The van der Waals surface area contributed by atoms with E-state index in [-0.39, 0.29) is 12.0 Å². The van der Waals surface area contributed by atoms with Crippen LogP contribution in [0.4, 0.5) is 0 Å². The number of carbonyl (C=O) groups excluding carboxylic acids is 1. The summed E-state index contributed by atoms with van der Waals surface area (Å²) in [6.07, 6.45) is 4.40. The number of nitrogens with zero attached hydrogens (tertiary/aromatic N) is 3. The topological polar surface area (TPSA) is 68.5 Å². The van der Waals surface area contributed by atoms with Gasteiger partial charge in [-0.05, 0) is 45.6 Å². The lowest BCUT2D eigenvalue weighted by Crippen LogP contribution is -2.43. The van der Waals surface area contributed by atoms with Crippen LogP contribution in [0.15, 0.2) is 10.6 Å². The maximum atomic E-state index is 13.2. The molecule has 1 aliphatic heterocycles. The highest BCUT2D eigenvalue weighted by molar-refractivity contribution is 6.06. The number of likely N-dealkylation sites (tertiary alicyclic amines) is 1. The van der Waals surface area contributed by atoms with E-state index in [1.165, 1.54) is 0 Å². The van der Waals surface area contributed by atoms with Gasteiger partial charge in [0.15, 0.2) is 0 Å². The van der Waals surface area contributed by atoms with Crippen LogP contribution in [0, 0.1) is 6.92 Å². The molecule has 1 aliphatic carbocycles. The molecule has 0 radical (unpaired) electrons. The first kappa shape index (κ1) is 15.6. The number of carbonyl (C=O) groups is 1. The zero-order chi connectivity index (χ0) is 16.7. The molecule has 1 saturated heterocycles. The summed E-state index contributed by atoms with van der Waals surface area (Å²) in [5.41, 5.74) is 2.85. The second kappa shape index (κ2) is 6.16. The van der Waals surface area contributed by atoms with Crippen LogP contribution in [-0.2, 0) is 4.74 Å². The molecule has 1 unspecified atom stereocenters. The standard InChI is InChI=1S/C18H23N3O3/c1-3-23-13-5-4-8-21(10-13)18(22)14-9-15(12-6-7-12)19-17-16(14)11(2)20-24-17/h9,12-13H,3-8,10H2,1-2H3. The summed E-state index contributed by atoms with van der Waals surface area (Å²) >= 11 is 0. The van der Waals surface area contributed by atoms with Crippen LogP contribution in [-0.4, -0.2) is 46.7 Å². The van der Waals surface area contributed by atoms with Crippen LogP contribution < -0.4 is 0 Å². The molecule has 128 valence electrons. The van der Waals surface area contributed by atoms with Crippen molar-refractivity contribution < 1.29 is 14.1 Å². The fourth-order valence-electron chi connectivity index (χ4n) is 3.54. The number of fused-ring (bicyclic) bond motifs is 1. The molecular formula is C18H23N3O3. The van der Waals surface area contributed by atoms with Gasteiger partial charge in [-0.25, -0.2) is 4.98 Å². The number of piperidine rings is 1. The van der Waals surface area contributed by atoms with Crippen molar-refractivity contribution in [2.45, 2.75) is 51.6 Å². The van der Waals surface area contributed by atoms with Crippen LogP contribution in [0.3, 0.4) is 0 Å². The van der Waals surface area contributed by atoms with Crippen molar-refractivity contribution in [1.82, 2.24) is 15.0 Å². The molecule has 3 heterocycles. The van der Waals surface area contributed by atoms with Gasteiger partial charge in [0, 0.05) is 31.3 Å². The number of ether oxygens (including phenoxy) is 1. The second-order valence-corrected chi connectivity index (χ2v) is 6.79. The monoisotopic (exact) mass is 329 g/mol. The predicted molar refractivity (Wildman–Crippen MR) is 89.1 cm³/mol. The molecule has 2 fully saturated rings. The summed E-state index contributed by atoms with van der Waals surface area (Å²) in [6.45, 7) is 5.97. The predicted octanol–water partition coefficient (Wildman–Crippen LogP) is 3.05. The molecule has 0 spiro atoms.